The maximum atomic E-state index is 14.3. The van der Waals surface area contributed by atoms with Crippen molar-refractivity contribution in [2.75, 3.05) is 24.7 Å². The van der Waals surface area contributed by atoms with Crippen molar-refractivity contribution in [1.82, 2.24) is 10.3 Å². The highest BCUT2D eigenvalue weighted by molar-refractivity contribution is 7.92. The molecule has 0 saturated heterocycles. The van der Waals surface area contributed by atoms with Gasteiger partial charge in [0.05, 0.1) is 22.4 Å². The highest BCUT2D eigenvalue weighted by atomic mass is 32.2. The molecule has 6 rings (SSSR count). The van der Waals surface area contributed by atoms with Gasteiger partial charge in [-0.25, -0.2) is 17.8 Å². The predicted molar refractivity (Wildman–Crippen MR) is 164 cm³/mol. The van der Waals surface area contributed by atoms with E-state index in [0.717, 1.165) is 17.4 Å². The standard InChI is InChI=1S/C31H26FN3O5S2/c1-16-9-11-18(12-10-16)27-26(30(36)33-3)20-14-19(23(15-24(20)39-27)35(4)42(5,37)38)25-13-17(2)29(41-25)31-34-22-8-6-7-21(32)28(22)40-31/h6-15H,1-5H3,(H,33,36). The molecule has 0 spiro atoms. The maximum absolute atomic E-state index is 14.3. The number of halogens is 1. The van der Waals surface area contributed by atoms with Gasteiger partial charge in [-0.3, -0.25) is 9.10 Å². The number of rotatable bonds is 6. The van der Waals surface area contributed by atoms with Crippen LogP contribution < -0.4 is 9.62 Å². The normalized spacial score (nSPS) is 11.9. The molecule has 6 aromatic rings. The van der Waals surface area contributed by atoms with E-state index in [9.17, 15) is 17.6 Å². The Morgan fingerprint density at radius 2 is 1.79 bits per heavy atom. The van der Waals surface area contributed by atoms with Crippen molar-refractivity contribution in [2.45, 2.75) is 13.8 Å². The number of furan rings is 1. The van der Waals surface area contributed by atoms with Crippen molar-refractivity contribution in [3.63, 3.8) is 0 Å². The monoisotopic (exact) mass is 603 g/mol. The molecule has 0 radical (unpaired) electrons. The van der Waals surface area contributed by atoms with Gasteiger partial charge in [0.2, 0.25) is 15.9 Å². The van der Waals surface area contributed by atoms with Crippen LogP contribution in [0.15, 0.2) is 69.5 Å². The Labute approximate surface area is 245 Å². The van der Waals surface area contributed by atoms with Crippen LogP contribution in [0, 0.1) is 19.7 Å². The quantitative estimate of drug-likeness (QED) is 0.217. The fraction of sp³-hybridized carbons (Fsp3) is 0.161. The van der Waals surface area contributed by atoms with Gasteiger partial charge < -0.3 is 14.2 Å². The van der Waals surface area contributed by atoms with Gasteiger partial charge in [0, 0.05) is 41.6 Å². The largest absolute Gasteiger partial charge is 0.455 e. The molecule has 214 valence electrons. The second-order valence-corrected chi connectivity index (χ2v) is 13.1. The molecule has 0 fully saturated rings. The number of carbonyl (C=O) groups excluding carboxylic acids is 1. The SMILES string of the molecule is CNC(=O)c1c(-c2ccc(C)cc2)oc2cc(N(C)S(C)(=O)=O)c(-c3cc(C)c(-c4nc5cccc(F)c5o4)s3)cc12. The number of oxazole rings is 1. The molecule has 8 nitrogen and oxygen atoms in total. The number of nitrogens with zero attached hydrogens (tertiary/aromatic N) is 2. The number of aryl methyl sites for hydroxylation is 2. The summed E-state index contributed by atoms with van der Waals surface area (Å²) < 4.78 is 53.0. The molecule has 3 aromatic heterocycles. The molecule has 11 heteroatoms. The topological polar surface area (TPSA) is 106 Å². The summed E-state index contributed by atoms with van der Waals surface area (Å²) in [5.74, 6) is -0.199. The third-order valence-corrected chi connectivity index (χ3v) is 9.61. The zero-order valence-electron chi connectivity index (χ0n) is 23.4. The highest BCUT2D eigenvalue weighted by Crippen LogP contribution is 2.45. The number of aromatic nitrogens is 1. The average molecular weight is 604 g/mol. The summed E-state index contributed by atoms with van der Waals surface area (Å²) in [6.07, 6.45) is 1.12. The van der Waals surface area contributed by atoms with E-state index >= 15 is 0 Å². The third-order valence-electron chi connectivity index (χ3n) is 7.16. The molecular formula is C31H26FN3O5S2. The number of fused-ring (bicyclic) bond motifs is 2. The molecule has 0 bridgehead atoms. The van der Waals surface area contributed by atoms with Crippen LogP contribution in [0.3, 0.4) is 0 Å². The van der Waals surface area contributed by atoms with Crippen LogP contribution in [0.4, 0.5) is 10.1 Å². The third kappa shape index (κ3) is 4.64. The number of sulfonamides is 1. The molecule has 3 aromatic carbocycles. The lowest BCUT2D eigenvalue weighted by Gasteiger charge is -2.20. The average Bonchev–Trinajstić information content (AvgIpc) is 3.66. The van der Waals surface area contributed by atoms with Gasteiger partial charge in [-0.15, -0.1) is 11.3 Å². The Morgan fingerprint density at radius 1 is 1.05 bits per heavy atom. The predicted octanol–water partition coefficient (Wildman–Crippen LogP) is 7.15. The van der Waals surface area contributed by atoms with Crippen LogP contribution in [0.1, 0.15) is 21.5 Å². The van der Waals surface area contributed by atoms with Crippen molar-refractivity contribution in [3.8, 4) is 32.5 Å². The first kappa shape index (κ1) is 27.7. The Hall–Kier alpha value is -4.48. The van der Waals surface area contributed by atoms with E-state index in [2.05, 4.69) is 10.3 Å². The number of para-hydroxylation sites is 1. The molecule has 42 heavy (non-hydrogen) atoms. The van der Waals surface area contributed by atoms with E-state index in [1.54, 1.807) is 31.3 Å². The molecule has 0 unspecified atom stereocenters. The zero-order valence-corrected chi connectivity index (χ0v) is 25.0. The van der Waals surface area contributed by atoms with E-state index in [0.29, 0.717) is 54.4 Å². The number of hydrogen-bond donors (Lipinski definition) is 1. The highest BCUT2D eigenvalue weighted by Gasteiger charge is 2.27. The van der Waals surface area contributed by atoms with Crippen LogP contribution in [0.25, 0.3) is 54.6 Å². The van der Waals surface area contributed by atoms with E-state index in [1.807, 2.05) is 44.2 Å². The molecule has 0 aliphatic carbocycles. The summed E-state index contributed by atoms with van der Waals surface area (Å²) in [4.78, 5) is 19.1. The molecule has 0 saturated carbocycles. The summed E-state index contributed by atoms with van der Waals surface area (Å²) in [5, 5.41) is 3.23. The van der Waals surface area contributed by atoms with Crippen molar-refractivity contribution < 1.29 is 26.4 Å². The van der Waals surface area contributed by atoms with E-state index in [1.165, 1.54) is 28.8 Å². The zero-order chi connectivity index (χ0) is 29.9. The molecule has 1 N–H and O–H groups in total. The van der Waals surface area contributed by atoms with Gasteiger partial charge in [0.15, 0.2) is 11.4 Å². The summed E-state index contributed by atoms with van der Waals surface area (Å²) in [7, 11) is -0.656. The number of amides is 1. The lowest BCUT2D eigenvalue weighted by Crippen LogP contribution is -2.25. The molecule has 0 aliphatic rings. The van der Waals surface area contributed by atoms with Gasteiger partial charge in [-0.1, -0.05) is 35.9 Å². The Morgan fingerprint density at radius 3 is 2.45 bits per heavy atom. The van der Waals surface area contributed by atoms with Gasteiger partial charge in [0.25, 0.3) is 5.91 Å². The summed E-state index contributed by atoms with van der Waals surface area (Å²) in [6.45, 7) is 3.85. The minimum Gasteiger partial charge on any atom is -0.455 e. The number of hydrogen-bond acceptors (Lipinski definition) is 7. The lowest BCUT2D eigenvalue weighted by atomic mass is 10.0. The van der Waals surface area contributed by atoms with Crippen molar-refractivity contribution in [1.29, 1.82) is 0 Å². The van der Waals surface area contributed by atoms with E-state index in [-0.39, 0.29) is 17.4 Å². The number of carbonyl (C=O) groups is 1. The Balaban J connectivity index is 1.61. The summed E-state index contributed by atoms with van der Waals surface area (Å²) >= 11 is 1.33. The summed E-state index contributed by atoms with van der Waals surface area (Å²) in [5.41, 5.74) is 4.69. The fourth-order valence-corrected chi connectivity index (χ4v) is 6.50. The van der Waals surface area contributed by atoms with Crippen LogP contribution >= 0.6 is 11.3 Å². The van der Waals surface area contributed by atoms with Gasteiger partial charge in [0.1, 0.15) is 16.9 Å². The second-order valence-electron chi connectivity index (χ2n) is 10.1. The minimum atomic E-state index is -3.67. The van der Waals surface area contributed by atoms with Crippen LogP contribution in [0.5, 0.6) is 0 Å². The molecular weight excluding hydrogens is 577 g/mol. The number of benzene rings is 3. The van der Waals surface area contributed by atoms with Crippen molar-refractivity contribution >= 4 is 55.0 Å². The van der Waals surface area contributed by atoms with Crippen LogP contribution in [-0.4, -0.2) is 39.7 Å². The second kappa shape index (κ2) is 10.1. The smallest absolute Gasteiger partial charge is 0.255 e. The first-order chi connectivity index (χ1) is 20.0. The van der Waals surface area contributed by atoms with Crippen LogP contribution in [-0.2, 0) is 10.0 Å². The Kier molecular flexibility index (Phi) is 6.66. The summed E-state index contributed by atoms with van der Waals surface area (Å²) in [6, 6.07) is 17.5. The van der Waals surface area contributed by atoms with Gasteiger partial charge in [-0.2, -0.15) is 0 Å². The first-order valence-electron chi connectivity index (χ1n) is 13.0. The molecule has 3 heterocycles. The number of nitrogens with one attached hydrogen (secondary N) is 1. The molecule has 0 atom stereocenters. The number of anilines is 1. The molecule has 0 aliphatic heterocycles. The van der Waals surface area contributed by atoms with Gasteiger partial charge >= 0.3 is 0 Å². The molecule has 1 amide bonds. The first-order valence-corrected chi connectivity index (χ1v) is 15.6. The Bertz CT molecular complexity index is 2130. The minimum absolute atomic E-state index is 0.0676. The fourth-order valence-electron chi connectivity index (χ4n) is 4.87. The van der Waals surface area contributed by atoms with Gasteiger partial charge in [-0.05, 0) is 43.7 Å². The van der Waals surface area contributed by atoms with E-state index in [4.69, 9.17) is 8.83 Å². The number of thiophene rings is 1. The maximum Gasteiger partial charge on any atom is 0.255 e. The van der Waals surface area contributed by atoms with Crippen molar-refractivity contribution in [2.24, 2.45) is 0 Å². The lowest BCUT2D eigenvalue weighted by molar-refractivity contribution is 0.0964. The van der Waals surface area contributed by atoms with Crippen molar-refractivity contribution in [3.05, 3.63) is 83.2 Å². The van der Waals surface area contributed by atoms with E-state index < -0.39 is 15.8 Å². The van der Waals surface area contributed by atoms with Crippen LogP contribution in [0.2, 0.25) is 0 Å².